The van der Waals surface area contributed by atoms with E-state index in [-0.39, 0.29) is 29.6 Å². The van der Waals surface area contributed by atoms with Gasteiger partial charge in [0.2, 0.25) is 11.8 Å². The van der Waals surface area contributed by atoms with Crippen LogP contribution in [-0.2, 0) is 15.0 Å². The van der Waals surface area contributed by atoms with E-state index < -0.39 is 11.2 Å². The zero-order chi connectivity index (χ0) is 34.3. The Morgan fingerprint density at radius 1 is 1.02 bits per heavy atom. The molecule has 5 fully saturated rings. The van der Waals surface area contributed by atoms with Gasteiger partial charge < -0.3 is 19.7 Å². The smallest absolute Gasteiger partial charge is 0.238 e. The number of fused-ring (bicyclic) bond motifs is 6. The summed E-state index contributed by atoms with van der Waals surface area (Å²) in [6, 6.07) is 11.4. The summed E-state index contributed by atoms with van der Waals surface area (Å²) in [5.41, 5.74) is 4.81. The summed E-state index contributed by atoms with van der Waals surface area (Å²) >= 11 is 0. The molecule has 7 heterocycles. The predicted molar refractivity (Wildman–Crippen MR) is 191 cm³/mol. The van der Waals surface area contributed by atoms with E-state index >= 15 is 0 Å². The molecule has 1 N–H and O–H groups in total. The highest BCUT2D eigenvalue weighted by atomic mass is 19.1. The maximum absolute atomic E-state index is 14.8. The van der Waals surface area contributed by atoms with Crippen LogP contribution in [0.5, 0.6) is 0 Å². The maximum atomic E-state index is 14.8. The van der Waals surface area contributed by atoms with Gasteiger partial charge in [-0.15, -0.1) is 0 Å². The van der Waals surface area contributed by atoms with Crippen LogP contribution in [0.2, 0.25) is 0 Å². The van der Waals surface area contributed by atoms with Crippen molar-refractivity contribution in [2.24, 2.45) is 5.92 Å². The highest BCUT2D eigenvalue weighted by molar-refractivity contribution is 6.09. The largest absolute Gasteiger partial charge is 0.343 e. The Hall–Kier alpha value is -4.38. The summed E-state index contributed by atoms with van der Waals surface area (Å²) < 4.78 is 16.9. The fourth-order valence-corrected chi connectivity index (χ4v) is 9.68. The zero-order valence-electron chi connectivity index (χ0n) is 29.1. The molecule has 2 saturated carbocycles. The number of pyridine rings is 2. The lowest BCUT2D eigenvalue weighted by atomic mass is 9.73. The van der Waals surface area contributed by atoms with Crippen molar-refractivity contribution in [1.82, 2.24) is 29.3 Å². The SMILES string of the molecule is CC(=O)N1CCC2(CC1)C(=O)N([C@H]1C[C@@H](N3CC4CCC3CC4)C1)c1cc(-c3cc4ncn(C(C)C)c4c(Nc4ccncc4F)n3)ccc12. The standard InChI is InChI=1S/C39H45FN8O2/c1-23(2)47-22-42-34-19-33(44-37(36(34)47)43-32-10-13-41-20-31(32)40)26-6-9-30-35(16-26)48(38(50)39(30)11-14-45(15-12-39)24(3)49)29-17-28(18-29)46-21-25-4-7-27(46)8-5-25/h6,9-10,13,16,19-20,22-23,25,27-29H,4-5,7-8,11-12,14-15,17-18,21H2,1-3H3,(H,41,43,44)/t25?,27?,28-,29+. The average Bonchev–Trinajstić information content (AvgIpc) is 3.64. The van der Waals surface area contributed by atoms with Gasteiger partial charge in [0.1, 0.15) is 5.52 Å². The number of anilines is 3. The van der Waals surface area contributed by atoms with Crippen LogP contribution < -0.4 is 10.2 Å². The molecule has 2 aliphatic carbocycles. The van der Waals surface area contributed by atoms with Crippen LogP contribution in [0.4, 0.5) is 21.6 Å². The van der Waals surface area contributed by atoms with E-state index in [0.717, 1.165) is 46.6 Å². The van der Waals surface area contributed by atoms with Crippen LogP contribution in [0, 0.1) is 11.7 Å². The Morgan fingerprint density at radius 2 is 1.80 bits per heavy atom. The van der Waals surface area contributed by atoms with Crippen molar-refractivity contribution in [3.8, 4) is 11.3 Å². The van der Waals surface area contributed by atoms with Gasteiger partial charge >= 0.3 is 0 Å². The molecule has 3 saturated heterocycles. The van der Waals surface area contributed by atoms with Crippen molar-refractivity contribution >= 4 is 40.0 Å². The molecule has 1 spiro atoms. The van der Waals surface area contributed by atoms with Crippen LogP contribution in [0.3, 0.4) is 0 Å². The van der Waals surface area contributed by atoms with Gasteiger partial charge in [-0.3, -0.25) is 19.5 Å². The third kappa shape index (κ3) is 4.94. The summed E-state index contributed by atoms with van der Waals surface area (Å²) in [6.45, 7) is 8.14. The number of carbonyl (C=O) groups is 2. The van der Waals surface area contributed by atoms with Gasteiger partial charge in [0.05, 0.1) is 34.8 Å². The van der Waals surface area contributed by atoms with Crippen LogP contribution in [0.25, 0.3) is 22.3 Å². The Bertz CT molecular complexity index is 1990. The number of benzene rings is 1. The van der Waals surface area contributed by atoms with Crippen LogP contribution >= 0.6 is 0 Å². The molecule has 2 amide bonds. The molecule has 1 aromatic carbocycles. The summed E-state index contributed by atoms with van der Waals surface area (Å²) in [5.74, 6) is 1.12. The number of carbonyl (C=O) groups excluding carboxylic acids is 2. The molecule has 11 heteroatoms. The number of nitrogens with one attached hydrogen (secondary N) is 1. The molecule has 3 aromatic heterocycles. The molecular weight excluding hydrogens is 631 g/mol. The predicted octanol–water partition coefficient (Wildman–Crippen LogP) is 6.59. The normalized spacial score (nSPS) is 25.8. The zero-order valence-corrected chi connectivity index (χ0v) is 29.1. The second-order valence-electron chi connectivity index (χ2n) is 15.6. The van der Waals surface area contributed by atoms with E-state index in [0.29, 0.717) is 49.5 Å². The number of hydrogen-bond acceptors (Lipinski definition) is 7. The molecule has 0 atom stereocenters. The van der Waals surface area contributed by atoms with Crippen molar-refractivity contribution in [2.45, 2.75) is 102 Å². The Morgan fingerprint density at radius 3 is 2.48 bits per heavy atom. The van der Waals surface area contributed by atoms with Gasteiger partial charge in [-0.2, -0.15) is 0 Å². The minimum atomic E-state index is -0.631. The van der Waals surface area contributed by atoms with Crippen LogP contribution in [-0.4, -0.2) is 78.9 Å². The van der Waals surface area contributed by atoms with Gasteiger partial charge in [-0.25, -0.2) is 14.4 Å². The van der Waals surface area contributed by atoms with Crippen molar-refractivity contribution in [2.75, 3.05) is 29.9 Å². The highest BCUT2D eigenvalue weighted by Crippen LogP contribution is 2.53. The first-order chi connectivity index (χ1) is 24.2. The quantitative estimate of drug-likeness (QED) is 0.246. The fraction of sp³-hybridized carbons (Fsp3) is 0.513. The lowest BCUT2D eigenvalue weighted by Crippen LogP contribution is -2.62. The van der Waals surface area contributed by atoms with Gasteiger partial charge in [-0.05, 0) is 94.9 Å². The Balaban J connectivity index is 1.10. The number of amides is 2. The first kappa shape index (κ1) is 31.6. The van der Waals surface area contributed by atoms with E-state index in [4.69, 9.17) is 9.97 Å². The van der Waals surface area contributed by atoms with E-state index in [2.05, 4.69) is 52.1 Å². The van der Waals surface area contributed by atoms with E-state index in [1.54, 1.807) is 25.5 Å². The minimum Gasteiger partial charge on any atom is -0.343 e. The third-order valence-electron chi connectivity index (χ3n) is 12.6. The summed E-state index contributed by atoms with van der Waals surface area (Å²) in [6.07, 6.45) is 13.1. The Labute approximate surface area is 292 Å². The summed E-state index contributed by atoms with van der Waals surface area (Å²) in [4.78, 5) is 47.5. The fourth-order valence-electron chi connectivity index (χ4n) is 9.68. The molecule has 10 rings (SSSR count). The molecule has 0 radical (unpaired) electrons. The van der Waals surface area contributed by atoms with Crippen molar-refractivity contribution in [1.29, 1.82) is 0 Å². The molecule has 10 nitrogen and oxygen atoms in total. The van der Waals surface area contributed by atoms with Gasteiger partial charge in [0.25, 0.3) is 0 Å². The molecule has 4 aliphatic heterocycles. The maximum Gasteiger partial charge on any atom is 0.238 e. The molecule has 50 heavy (non-hydrogen) atoms. The number of nitrogens with zero attached hydrogens (tertiary/aromatic N) is 7. The molecule has 6 aliphatic rings. The summed E-state index contributed by atoms with van der Waals surface area (Å²) in [7, 11) is 0. The second kappa shape index (κ2) is 11.9. The number of likely N-dealkylation sites (tertiary alicyclic amines) is 1. The number of rotatable bonds is 6. The average molecular weight is 677 g/mol. The molecule has 4 aromatic rings. The number of halogens is 1. The van der Waals surface area contributed by atoms with Crippen molar-refractivity contribution < 1.29 is 14.0 Å². The lowest BCUT2D eigenvalue weighted by molar-refractivity contribution is -0.134. The highest BCUT2D eigenvalue weighted by Gasteiger charge is 2.56. The Kier molecular flexibility index (Phi) is 7.49. The topological polar surface area (TPSA) is 99.5 Å². The van der Waals surface area contributed by atoms with E-state index in [9.17, 15) is 14.0 Å². The molecular formula is C39H45FN8O2. The number of piperidine rings is 3. The monoisotopic (exact) mass is 676 g/mol. The summed E-state index contributed by atoms with van der Waals surface area (Å²) in [5, 5.41) is 3.23. The number of imidazole rings is 1. The number of hydrogen-bond donors (Lipinski definition) is 1. The van der Waals surface area contributed by atoms with Gasteiger partial charge in [0, 0.05) is 68.2 Å². The number of aromatic nitrogens is 4. The van der Waals surface area contributed by atoms with E-state index in [1.807, 2.05) is 15.5 Å². The first-order valence-corrected chi connectivity index (χ1v) is 18.4. The minimum absolute atomic E-state index is 0.0628. The first-order valence-electron chi connectivity index (χ1n) is 18.4. The lowest BCUT2D eigenvalue weighted by Gasteiger charge is -2.54. The molecule has 260 valence electrons. The van der Waals surface area contributed by atoms with Crippen molar-refractivity contribution in [3.05, 3.63) is 60.4 Å². The molecule has 0 unspecified atom stereocenters. The van der Waals surface area contributed by atoms with Gasteiger partial charge in [0.15, 0.2) is 11.6 Å². The van der Waals surface area contributed by atoms with Crippen molar-refractivity contribution in [3.63, 3.8) is 0 Å². The second-order valence-corrected chi connectivity index (χ2v) is 15.6. The van der Waals surface area contributed by atoms with Crippen LogP contribution in [0.1, 0.15) is 83.7 Å². The van der Waals surface area contributed by atoms with Crippen LogP contribution in [0.15, 0.2) is 49.1 Å². The third-order valence-corrected chi connectivity index (χ3v) is 12.6. The van der Waals surface area contributed by atoms with E-state index in [1.165, 1.54) is 38.4 Å². The van der Waals surface area contributed by atoms with Gasteiger partial charge in [-0.1, -0.05) is 12.1 Å². The molecule has 2 bridgehead atoms.